The van der Waals surface area contributed by atoms with Gasteiger partial charge in [-0.05, 0) is 35.4 Å². The topological polar surface area (TPSA) is 26.0 Å². The van der Waals surface area contributed by atoms with Gasteiger partial charge in [-0.3, -0.25) is 0 Å². The van der Waals surface area contributed by atoms with E-state index in [0.29, 0.717) is 0 Å². The zero-order valence-electron chi connectivity index (χ0n) is 12.9. The molecule has 0 heterocycles. The van der Waals surface area contributed by atoms with E-state index in [0.717, 1.165) is 18.8 Å². The van der Waals surface area contributed by atoms with Crippen LogP contribution in [0.1, 0.15) is 44.6 Å². The second-order valence-electron chi connectivity index (χ2n) is 6.47. The Balaban J connectivity index is 1.83. The Morgan fingerprint density at radius 3 is 2.33 bits per heavy atom. The molecule has 2 N–H and O–H groups in total. The van der Waals surface area contributed by atoms with Crippen molar-refractivity contribution in [2.75, 3.05) is 0 Å². The van der Waals surface area contributed by atoms with Crippen LogP contribution >= 0.6 is 0 Å². The van der Waals surface area contributed by atoms with Crippen LogP contribution in [-0.4, -0.2) is 0 Å². The summed E-state index contributed by atoms with van der Waals surface area (Å²) in [5, 5.41) is 0. The number of hydrogen-bond acceptors (Lipinski definition) is 1. The van der Waals surface area contributed by atoms with Gasteiger partial charge in [0.15, 0.2) is 0 Å². The molecular formula is C20H25N. The van der Waals surface area contributed by atoms with Crippen LogP contribution in [0.5, 0.6) is 0 Å². The summed E-state index contributed by atoms with van der Waals surface area (Å²) in [6.07, 6.45) is 6.11. The summed E-state index contributed by atoms with van der Waals surface area (Å²) in [5.74, 6) is 0.789. The summed E-state index contributed by atoms with van der Waals surface area (Å²) in [6.45, 7) is 2.29. The highest BCUT2D eigenvalue weighted by atomic mass is 14.7. The minimum Gasteiger partial charge on any atom is -0.321 e. The fraction of sp³-hybridized carbons (Fsp3) is 0.400. The molecule has 0 aliphatic heterocycles. The van der Waals surface area contributed by atoms with Gasteiger partial charge in [-0.2, -0.15) is 0 Å². The van der Waals surface area contributed by atoms with Crippen molar-refractivity contribution < 1.29 is 0 Å². The summed E-state index contributed by atoms with van der Waals surface area (Å²) < 4.78 is 0. The van der Waals surface area contributed by atoms with Crippen molar-refractivity contribution in [3.05, 3.63) is 60.2 Å². The van der Waals surface area contributed by atoms with Gasteiger partial charge in [-0.15, -0.1) is 0 Å². The van der Waals surface area contributed by atoms with E-state index in [1.165, 1.54) is 36.0 Å². The number of rotatable bonds is 3. The molecule has 1 nitrogen and oxygen atoms in total. The monoisotopic (exact) mass is 279 g/mol. The molecule has 1 aliphatic rings. The van der Waals surface area contributed by atoms with Crippen molar-refractivity contribution in [1.82, 2.24) is 0 Å². The molecule has 1 aliphatic carbocycles. The Morgan fingerprint density at radius 1 is 1.00 bits per heavy atom. The highest BCUT2D eigenvalue weighted by Crippen LogP contribution is 2.39. The molecular weight excluding hydrogens is 254 g/mol. The van der Waals surface area contributed by atoms with E-state index in [1.807, 2.05) is 0 Å². The quantitative estimate of drug-likeness (QED) is 0.830. The van der Waals surface area contributed by atoms with Gasteiger partial charge in [0.05, 0.1) is 0 Å². The third-order valence-corrected chi connectivity index (χ3v) is 5.03. The Kier molecular flexibility index (Phi) is 4.12. The maximum Gasteiger partial charge on any atom is 0.0412 e. The van der Waals surface area contributed by atoms with Gasteiger partial charge in [-0.25, -0.2) is 0 Å². The molecule has 2 unspecified atom stereocenters. The Labute approximate surface area is 128 Å². The van der Waals surface area contributed by atoms with E-state index < -0.39 is 0 Å². The molecule has 2 atom stereocenters. The van der Waals surface area contributed by atoms with Gasteiger partial charge in [0, 0.05) is 5.54 Å². The molecule has 0 bridgehead atoms. The van der Waals surface area contributed by atoms with Crippen LogP contribution in [0, 0.1) is 5.92 Å². The van der Waals surface area contributed by atoms with E-state index in [1.54, 1.807) is 0 Å². The summed E-state index contributed by atoms with van der Waals surface area (Å²) in [4.78, 5) is 0. The van der Waals surface area contributed by atoms with E-state index in [9.17, 15) is 0 Å². The molecule has 1 saturated carbocycles. The first-order chi connectivity index (χ1) is 10.2. The van der Waals surface area contributed by atoms with Crippen molar-refractivity contribution in [2.45, 2.75) is 44.6 Å². The molecule has 1 fully saturated rings. The normalized spacial score (nSPS) is 25.7. The molecule has 21 heavy (non-hydrogen) atoms. The van der Waals surface area contributed by atoms with Crippen molar-refractivity contribution >= 4 is 0 Å². The van der Waals surface area contributed by atoms with Gasteiger partial charge in [-0.1, -0.05) is 80.8 Å². The van der Waals surface area contributed by atoms with Gasteiger partial charge in [0.1, 0.15) is 0 Å². The molecule has 0 radical (unpaired) electrons. The highest BCUT2D eigenvalue weighted by Gasteiger charge is 2.33. The molecule has 110 valence electrons. The van der Waals surface area contributed by atoms with E-state index >= 15 is 0 Å². The molecule has 0 aromatic heterocycles. The third-order valence-electron chi connectivity index (χ3n) is 5.03. The minimum absolute atomic E-state index is 0.117. The van der Waals surface area contributed by atoms with Gasteiger partial charge >= 0.3 is 0 Å². The van der Waals surface area contributed by atoms with Crippen LogP contribution < -0.4 is 5.73 Å². The maximum absolute atomic E-state index is 6.74. The van der Waals surface area contributed by atoms with Crippen molar-refractivity contribution in [3.8, 4) is 11.1 Å². The Morgan fingerprint density at radius 2 is 1.67 bits per heavy atom. The second kappa shape index (κ2) is 6.03. The number of hydrogen-bond donors (Lipinski definition) is 1. The van der Waals surface area contributed by atoms with E-state index in [-0.39, 0.29) is 5.54 Å². The molecule has 0 amide bonds. The first-order valence-electron chi connectivity index (χ1n) is 8.16. The lowest BCUT2D eigenvalue weighted by atomic mass is 9.72. The van der Waals surface area contributed by atoms with Crippen LogP contribution in [0.25, 0.3) is 11.1 Å². The van der Waals surface area contributed by atoms with Crippen molar-refractivity contribution in [2.24, 2.45) is 11.7 Å². The van der Waals surface area contributed by atoms with Crippen LogP contribution in [0.2, 0.25) is 0 Å². The van der Waals surface area contributed by atoms with Crippen LogP contribution in [-0.2, 0) is 5.54 Å². The smallest absolute Gasteiger partial charge is 0.0412 e. The molecule has 3 rings (SSSR count). The lowest BCUT2D eigenvalue weighted by Gasteiger charge is -2.38. The molecule has 0 spiro atoms. The van der Waals surface area contributed by atoms with Crippen LogP contribution in [0.15, 0.2) is 54.6 Å². The van der Waals surface area contributed by atoms with Gasteiger partial charge in [0.2, 0.25) is 0 Å². The SMILES string of the molecule is CCC1CCCC(N)(c2ccc(-c3ccccc3)cc2)C1. The van der Waals surface area contributed by atoms with Crippen molar-refractivity contribution in [1.29, 1.82) is 0 Å². The first kappa shape index (κ1) is 14.3. The number of nitrogens with two attached hydrogens (primary N) is 1. The standard InChI is InChI=1S/C20H25N/c1-2-16-7-6-14-20(21,15-16)19-12-10-18(11-13-19)17-8-4-3-5-9-17/h3-5,8-13,16H,2,6-7,14-15,21H2,1H3. The molecule has 2 aromatic rings. The zero-order valence-corrected chi connectivity index (χ0v) is 12.9. The maximum atomic E-state index is 6.74. The lowest BCUT2D eigenvalue weighted by molar-refractivity contribution is 0.221. The molecule has 1 heteroatoms. The average molecular weight is 279 g/mol. The molecule has 2 aromatic carbocycles. The summed E-state index contributed by atoms with van der Waals surface area (Å²) in [7, 11) is 0. The van der Waals surface area contributed by atoms with E-state index in [2.05, 4.69) is 61.5 Å². The number of benzene rings is 2. The van der Waals surface area contributed by atoms with E-state index in [4.69, 9.17) is 5.73 Å². The lowest BCUT2D eigenvalue weighted by Crippen LogP contribution is -2.41. The first-order valence-corrected chi connectivity index (χ1v) is 8.16. The minimum atomic E-state index is -0.117. The van der Waals surface area contributed by atoms with Crippen LogP contribution in [0.4, 0.5) is 0 Å². The Bertz CT molecular complexity index is 573. The zero-order chi connectivity index (χ0) is 14.7. The predicted octanol–water partition coefficient (Wildman–Crippen LogP) is 5.11. The summed E-state index contributed by atoms with van der Waals surface area (Å²) >= 11 is 0. The van der Waals surface area contributed by atoms with Crippen molar-refractivity contribution in [3.63, 3.8) is 0 Å². The molecule has 0 saturated heterocycles. The summed E-state index contributed by atoms with van der Waals surface area (Å²) in [5.41, 5.74) is 10.5. The Hall–Kier alpha value is -1.60. The van der Waals surface area contributed by atoms with Gasteiger partial charge in [0.25, 0.3) is 0 Å². The largest absolute Gasteiger partial charge is 0.321 e. The van der Waals surface area contributed by atoms with Gasteiger partial charge < -0.3 is 5.73 Å². The third kappa shape index (κ3) is 3.03. The second-order valence-corrected chi connectivity index (χ2v) is 6.47. The highest BCUT2D eigenvalue weighted by molar-refractivity contribution is 5.63. The summed E-state index contributed by atoms with van der Waals surface area (Å²) in [6, 6.07) is 19.4. The van der Waals surface area contributed by atoms with Crippen LogP contribution in [0.3, 0.4) is 0 Å². The average Bonchev–Trinajstić information content (AvgIpc) is 2.56. The predicted molar refractivity (Wildman–Crippen MR) is 90.0 cm³/mol. The fourth-order valence-corrected chi connectivity index (χ4v) is 3.66. The fourth-order valence-electron chi connectivity index (χ4n) is 3.66.